The van der Waals surface area contributed by atoms with Crippen molar-refractivity contribution < 1.29 is 0 Å². The van der Waals surface area contributed by atoms with Crippen molar-refractivity contribution in [3.63, 3.8) is 0 Å². The van der Waals surface area contributed by atoms with Crippen LogP contribution in [0.4, 0.5) is 0 Å². The molecule has 0 aromatic carbocycles. The van der Waals surface area contributed by atoms with Crippen LogP contribution in [0.5, 0.6) is 0 Å². The largest absolute Gasteiger partial charge is 0.100 e. The monoisotopic (exact) mass is 294 g/mol. The van der Waals surface area contributed by atoms with Crippen LogP contribution < -0.4 is 0 Å². The second kappa shape index (κ2) is 11.3. The maximum absolute atomic E-state index is 4.05. The van der Waals surface area contributed by atoms with Crippen molar-refractivity contribution in [1.82, 2.24) is 0 Å². The van der Waals surface area contributed by atoms with Crippen molar-refractivity contribution in [3.05, 3.63) is 12.2 Å². The molecule has 0 fully saturated rings. The molecule has 5 atom stereocenters. The summed E-state index contributed by atoms with van der Waals surface area (Å²) in [6.45, 7) is 20.7. The summed E-state index contributed by atoms with van der Waals surface area (Å²) in [7, 11) is 0. The minimum atomic E-state index is 0.798. The van der Waals surface area contributed by atoms with Crippen LogP contribution in [0, 0.1) is 29.6 Å². The molecule has 0 aliphatic rings. The third kappa shape index (κ3) is 12.0. The predicted molar refractivity (Wildman–Crippen MR) is 98.6 cm³/mol. The molecule has 0 bridgehead atoms. The van der Waals surface area contributed by atoms with Crippen LogP contribution in [0.3, 0.4) is 0 Å². The lowest BCUT2D eigenvalue weighted by Crippen LogP contribution is -2.12. The van der Waals surface area contributed by atoms with Crippen LogP contribution in [0.1, 0.15) is 93.4 Å². The molecule has 126 valence electrons. The maximum Gasteiger partial charge on any atom is -0.0300 e. The van der Waals surface area contributed by atoms with Gasteiger partial charge in [0.25, 0.3) is 0 Å². The molecule has 0 amide bonds. The molecule has 0 aliphatic carbocycles. The topological polar surface area (TPSA) is 0 Å². The molecular formula is C21H42. The Morgan fingerprint density at radius 1 is 0.714 bits per heavy atom. The highest BCUT2D eigenvalue weighted by molar-refractivity contribution is 4.89. The van der Waals surface area contributed by atoms with Crippen LogP contribution in [-0.4, -0.2) is 0 Å². The Kier molecular flexibility index (Phi) is 11.2. The van der Waals surface area contributed by atoms with Gasteiger partial charge < -0.3 is 0 Å². The summed E-state index contributed by atoms with van der Waals surface area (Å²) in [5, 5.41) is 0. The van der Waals surface area contributed by atoms with E-state index in [0.717, 1.165) is 29.6 Å². The van der Waals surface area contributed by atoms with Gasteiger partial charge in [0.05, 0.1) is 0 Å². The lowest BCUT2D eigenvalue weighted by molar-refractivity contribution is 0.282. The van der Waals surface area contributed by atoms with Crippen LogP contribution in [-0.2, 0) is 0 Å². The first-order valence-electron chi connectivity index (χ1n) is 9.38. The van der Waals surface area contributed by atoms with Crippen molar-refractivity contribution in [3.8, 4) is 0 Å². The van der Waals surface area contributed by atoms with Crippen molar-refractivity contribution in [2.24, 2.45) is 29.6 Å². The van der Waals surface area contributed by atoms with Crippen LogP contribution in [0.25, 0.3) is 0 Å². The minimum absolute atomic E-state index is 0.798. The SMILES string of the molecule is C=C(C)CC(C)CC(C)CC(C)CC(C)CC(C)CCC. The summed E-state index contributed by atoms with van der Waals surface area (Å²) in [6, 6.07) is 0. The summed E-state index contributed by atoms with van der Waals surface area (Å²) in [6.07, 6.45) is 9.51. The Morgan fingerprint density at radius 3 is 1.48 bits per heavy atom. The van der Waals surface area contributed by atoms with Crippen LogP contribution >= 0.6 is 0 Å². The number of hydrogen-bond acceptors (Lipinski definition) is 0. The molecule has 0 aliphatic heterocycles. The summed E-state index contributed by atoms with van der Waals surface area (Å²) < 4.78 is 0. The van der Waals surface area contributed by atoms with Crippen molar-refractivity contribution in [2.75, 3.05) is 0 Å². The lowest BCUT2D eigenvalue weighted by Gasteiger charge is -2.24. The normalized spacial score (nSPS) is 18.8. The molecule has 0 aromatic rings. The molecule has 0 saturated carbocycles. The average Bonchev–Trinajstić information content (AvgIpc) is 2.25. The van der Waals surface area contributed by atoms with Gasteiger partial charge in [-0.1, -0.05) is 60.0 Å². The first-order chi connectivity index (χ1) is 9.74. The molecule has 0 spiro atoms. The van der Waals surface area contributed by atoms with E-state index in [1.807, 2.05) is 0 Å². The zero-order valence-corrected chi connectivity index (χ0v) is 16.0. The fraction of sp³-hybridized carbons (Fsp3) is 0.905. The Labute approximate surface area is 135 Å². The Hall–Kier alpha value is -0.260. The molecule has 0 nitrogen and oxygen atoms in total. The van der Waals surface area contributed by atoms with Gasteiger partial charge in [0.2, 0.25) is 0 Å². The van der Waals surface area contributed by atoms with E-state index in [1.54, 1.807) is 0 Å². The van der Waals surface area contributed by atoms with Gasteiger partial charge >= 0.3 is 0 Å². The van der Waals surface area contributed by atoms with E-state index in [0.29, 0.717) is 0 Å². The van der Waals surface area contributed by atoms with Gasteiger partial charge in [0.1, 0.15) is 0 Å². The first-order valence-corrected chi connectivity index (χ1v) is 9.38. The van der Waals surface area contributed by atoms with Crippen molar-refractivity contribution >= 4 is 0 Å². The second-order valence-corrected chi connectivity index (χ2v) is 8.42. The van der Waals surface area contributed by atoms with E-state index in [-0.39, 0.29) is 0 Å². The molecule has 0 N–H and O–H groups in total. The van der Waals surface area contributed by atoms with E-state index in [9.17, 15) is 0 Å². The minimum Gasteiger partial charge on any atom is -0.100 e. The summed E-state index contributed by atoms with van der Waals surface area (Å²) >= 11 is 0. The van der Waals surface area contributed by atoms with Gasteiger partial charge in [-0.15, -0.1) is 6.58 Å². The summed E-state index contributed by atoms with van der Waals surface area (Å²) in [5.41, 5.74) is 1.33. The highest BCUT2D eigenvalue weighted by atomic mass is 14.2. The second-order valence-electron chi connectivity index (χ2n) is 8.42. The third-order valence-electron chi connectivity index (χ3n) is 4.70. The molecule has 0 aromatic heterocycles. The van der Waals surface area contributed by atoms with Crippen molar-refractivity contribution in [1.29, 1.82) is 0 Å². The predicted octanol–water partition coefficient (Wildman–Crippen LogP) is 7.49. The molecule has 0 heterocycles. The lowest BCUT2D eigenvalue weighted by atomic mass is 9.82. The van der Waals surface area contributed by atoms with Crippen LogP contribution in [0.2, 0.25) is 0 Å². The zero-order chi connectivity index (χ0) is 16.4. The summed E-state index contributed by atoms with van der Waals surface area (Å²) in [5.74, 6) is 4.33. The van der Waals surface area contributed by atoms with E-state index in [1.165, 1.54) is 50.5 Å². The van der Waals surface area contributed by atoms with Gasteiger partial charge in [-0.05, 0) is 68.6 Å². The molecule has 0 rings (SSSR count). The van der Waals surface area contributed by atoms with E-state index in [4.69, 9.17) is 0 Å². The standard InChI is InChI=1S/C21H42/c1-9-10-17(4)12-19(6)14-21(8)15-20(7)13-18(5)11-16(2)3/h17-21H,2,9-15H2,1,3-8H3. The highest BCUT2D eigenvalue weighted by Gasteiger charge is 2.16. The van der Waals surface area contributed by atoms with Gasteiger partial charge in [-0.25, -0.2) is 0 Å². The number of allylic oxidation sites excluding steroid dienone is 1. The van der Waals surface area contributed by atoms with Gasteiger partial charge in [0, 0.05) is 0 Å². The highest BCUT2D eigenvalue weighted by Crippen LogP contribution is 2.28. The van der Waals surface area contributed by atoms with E-state index < -0.39 is 0 Å². The summed E-state index contributed by atoms with van der Waals surface area (Å²) in [4.78, 5) is 0. The molecule has 0 saturated heterocycles. The molecule has 0 radical (unpaired) electrons. The van der Waals surface area contributed by atoms with E-state index in [2.05, 4.69) is 55.0 Å². The van der Waals surface area contributed by atoms with E-state index >= 15 is 0 Å². The number of rotatable bonds is 12. The Balaban J connectivity index is 3.95. The maximum atomic E-state index is 4.05. The average molecular weight is 295 g/mol. The number of hydrogen-bond donors (Lipinski definition) is 0. The van der Waals surface area contributed by atoms with Crippen LogP contribution in [0.15, 0.2) is 12.2 Å². The zero-order valence-electron chi connectivity index (χ0n) is 16.0. The Bertz CT molecular complexity index is 265. The van der Waals surface area contributed by atoms with Gasteiger partial charge in [-0.3, -0.25) is 0 Å². The fourth-order valence-corrected chi connectivity index (χ4v) is 4.33. The van der Waals surface area contributed by atoms with Gasteiger partial charge in [0.15, 0.2) is 0 Å². The fourth-order valence-electron chi connectivity index (χ4n) is 4.33. The molecular weight excluding hydrogens is 252 g/mol. The Morgan fingerprint density at radius 2 is 1.10 bits per heavy atom. The smallest absolute Gasteiger partial charge is 0.0300 e. The quantitative estimate of drug-likeness (QED) is 0.327. The molecule has 21 heavy (non-hydrogen) atoms. The first kappa shape index (κ1) is 20.7. The van der Waals surface area contributed by atoms with Crippen molar-refractivity contribution in [2.45, 2.75) is 93.4 Å². The third-order valence-corrected chi connectivity index (χ3v) is 4.70. The molecule has 0 heteroatoms. The van der Waals surface area contributed by atoms with Gasteiger partial charge in [-0.2, -0.15) is 0 Å². The molecule has 5 unspecified atom stereocenters.